The molecular weight excluding hydrogens is 560 g/mol. The molecule has 0 bridgehead atoms. The lowest BCUT2D eigenvalue weighted by Crippen LogP contribution is -2.39. The highest BCUT2D eigenvalue weighted by Crippen LogP contribution is 2.23. The summed E-state index contributed by atoms with van der Waals surface area (Å²) in [4.78, 5) is 20.1. The van der Waals surface area contributed by atoms with Crippen LogP contribution in [0.5, 0.6) is 0 Å². The number of allylic oxidation sites excluding steroid dienone is 2. The number of quaternary nitrogens is 3. The molecule has 2 aromatic rings. The van der Waals surface area contributed by atoms with Crippen LogP contribution < -0.4 is 21.3 Å². The Morgan fingerprint density at radius 2 is 1.20 bits per heavy atom. The Hall–Kier alpha value is -3.66. The number of carbonyl (C=O) groups excluding carboxylic acids is 1. The molecule has 0 saturated carbocycles. The molecule has 9 nitrogen and oxygen atoms in total. The van der Waals surface area contributed by atoms with Crippen molar-refractivity contribution in [2.45, 2.75) is 19.3 Å². The Morgan fingerprint density at radius 3 is 1.73 bits per heavy atom. The van der Waals surface area contributed by atoms with E-state index >= 15 is 0 Å². The topological polar surface area (TPSA) is 82.8 Å². The van der Waals surface area contributed by atoms with E-state index in [1.54, 1.807) is 6.08 Å². The van der Waals surface area contributed by atoms with Crippen LogP contribution >= 0.6 is 0 Å². The molecule has 0 saturated heterocycles. The molecule has 0 atom stereocenters. The highest BCUT2D eigenvalue weighted by molar-refractivity contribution is 6.23. The fourth-order valence-electron chi connectivity index (χ4n) is 5.11. The maximum atomic E-state index is 12.8. The van der Waals surface area contributed by atoms with Gasteiger partial charge in [0, 0.05) is 62.0 Å². The number of aliphatic imine (C=N–C) groups is 1. The van der Waals surface area contributed by atoms with Gasteiger partial charge in [0.15, 0.2) is 0 Å². The Morgan fingerprint density at radius 1 is 0.689 bits per heavy atom. The number of carbonyl (C=O) groups is 1. The quantitative estimate of drug-likeness (QED) is 0.136. The number of hydrogen-bond donors (Lipinski definition) is 3. The smallest absolute Gasteiger partial charge is 0.204 e. The second-order valence-corrected chi connectivity index (χ2v) is 15.3. The van der Waals surface area contributed by atoms with Crippen LogP contribution in [0, 0.1) is 0 Å². The summed E-state index contributed by atoms with van der Waals surface area (Å²) in [5.74, 6) is -0.161. The highest BCUT2D eigenvalue weighted by Gasteiger charge is 2.18. The van der Waals surface area contributed by atoms with Gasteiger partial charge in [-0.15, -0.1) is 0 Å². The lowest BCUT2D eigenvalue weighted by molar-refractivity contribution is -0.870. The minimum atomic E-state index is -0.161. The second kappa shape index (κ2) is 15.6. The van der Waals surface area contributed by atoms with Crippen LogP contribution in [0.2, 0.25) is 0 Å². The first kappa shape index (κ1) is 35.8. The van der Waals surface area contributed by atoms with E-state index in [0.29, 0.717) is 17.1 Å². The number of benzene rings is 2. The monoisotopic (exact) mass is 619 g/mol. The lowest BCUT2D eigenvalue weighted by Gasteiger charge is -2.30. The van der Waals surface area contributed by atoms with Gasteiger partial charge in [0.25, 0.3) is 0 Å². The van der Waals surface area contributed by atoms with E-state index in [4.69, 9.17) is 10.7 Å². The van der Waals surface area contributed by atoms with Gasteiger partial charge in [-0.05, 0) is 54.6 Å². The van der Waals surface area contributed by atoms with Crippen LogP contribution in [0.3, 0.4) is 0 Å². The summed E-state index contributed by atoms with van der Waals surface area (Å²) >= 11 is 0. The molecule has 0 amide bonds. The molecule has 0 fully saturated rings. The van der Waals surface area contributed by atoms with Gasteiger partial charge in [0.1, 0.15) is 0 Å². The number of anilines is 3. The lowest BCUT2D eigenvalue weighted by atomic mass is 10.1. The van der Waals surface area contributed by atoms with E-state index in [1.165, 1.54) is 11.8 Å². The first-order chi connectivity index (χ1) is 21.0. The first-order valence-electron chi connectivity index (χ1n) is 16.2. The maximum absolute atomic E-state index is 12.8. The SMILES string of the molecule is C[N+](C)(C)CCCNc1ccc(N=C2C=C(Nc3ccc(N(CCC[N+](C)(C)C)CCC[N+](C)(C)C)cc3)C(=O)C=C2N)cc1. The van der Waals surface area contributed by atoms with Crippen LogP contribution in [0.1, 0.15) is 19.3 Å². The summed E-state index contributed by atoms with van der Waals surface area (Å²) in [6.45, 7) is 6.32. The van der Waals surface area contributed by atoms with Crippen molar-refractivity contribution in [1.82, 2.24) is 0 Å². The van der Waals surface area contributed by atoms with Crippen LogP contribution in [-0.2, 0) is 4.79 Å². The number of nitrogens with two attached hydrogens (primary N) is 1. The molecule has 0 spiro atoms. The van der Waals surface area contributed by atoms with E-state index in [2.05, 4.69) is 91.1 Å². The van der Waals surface area contributed by atoms with Crippen molar-refractivity contribution in [2.75, 3.05) is 118 Å². The third-order valence-electron chi connectivity index (χ3n) is 7.61. The molecule has 4 N–H and O–H groups in total. The molecular formula is C36H59N8O+3. The Bertz CT molecular complexity index is 1320. The average molecular weight is 620 g/mol. The van der Waals surface area contributed by atoms with Gasteiger partial charge >= 0.3 is 0 Å². The Balaban J connectivity index is 1.67. The van der Waals surface area contributed by atoms with Crippen molar-refractivity contribution < 1.29 is 18.2 Å². The van der Waals surface area contributed by atoms with Gasteiger partial charge in [-0.3, -0.25) is 4.79 Å². The Kier molecular flexibility index (Phi) is 12.4. The fraction of sp³-hybridized carbons (Fsp3) is 0.500. The van der Waals surface area contributed by atoms with Crippen molar-refractivity contribution in [3.63, 3.8) is 0 Å². The Labute approximate surface area is 272 Å². The number of nitrogens with zero attached hydrogens (tertiary/aromatic N) is 5. The van der Waals surface area contributed by atoms with Gasteiger partial charge in [0.2, 0.25) is 5.78 Å². The molecule has 0 aliphatic heterocycles. The molecule has 1 aliphatic carbocycles. The van der Waals surface area contributed by atoms with Gasteiger partial charge < -0.3 is 34.7 Å². The van der Waals surface area contributed by atoms with Gasteiger partial charge in [-0.1, -0.05) is 0 Å². The summed E-state index contributed by atoms with van der Waals surface area (Å²) in [7, 11) is 20.1. The predicted octanol–water partition coefficient (Wildman–Crippen LogP) is 4.69. The molecule has 0 unspecified atom stereocenters. The summed E-state index contributed by atoms with van der Waals surface area (Å²) in [6, 6.07) is 16.4. The maximum Gasteiger partial charge on any atom is 0.204 e. The number of nitrogens with one attached hydrogen (secondary N) is 2. The molecule has 246 valence electrons. The molecule has 2 aromatic carbocycles. The molecule has 3 rings (SSSR count). The zero-order valence-corrected chi connectivity index (χ0v) is 29.4. The zero-order valence-electron chi connectivity index (χ0n) is 29.4. The molecule has 0 heterocycles. The minimum absolute atomic E-state index is 0.161. The number of hydrogen-bond acceptors (Lipinski definition) is 6. The van der Waals surface area contributed by atoms with E-state index in [1.807, 2.05) is 36.4 Å². The number of rotatable bonds is 17. The van der Waals surface area contributed by atoms with Crippen LogP contribution in [0.25, 0.3) is 0 Å². The van der Waals surface area contributed by atoms with Crippen LogP contribution in [0.15, 0.2) is 77.1 Å². The summed E-state index contributed by atoms with van der Waals surface area (Å²) in [6.07, 6.45) is 6.54. The van der Waals surface area contributed by atoms with Crippen LogP contribution in [0.4, 0.5) is 22.7 Å². The molecule has 0 radical (unpaired) electrons. The molecule has 1 aliphatic rings. The summed E-state index contributed by atoms with van der Waals surface area (Å²) in [5, 5.41) is 6.78. The van der Waals surface area contributed by atoms with Crippen molar-refractivity contribution in [2.24, 2.45) is 10.7 Å². The largest absolute Gasteiger partial charge is 0.397 e. The number of ketones is 1. The summed E-state index contributed by atoms with van der Waals surface area (Å²) < 4.78 is 2.88. The van der Waals surface area contributed by atoms with Gasteiger partial charge in [-0.2, -0.15) is 0 Å². The van der Waals surface area contributed by atoms with Crippen LogP contribution in [-0.4, -0.2) is 128 Å². The van der Waals surface area contributed by atoms with E-state index in [0.717, 1.165) is 89.0 Å². The fourth-order valence-corrected chi connectivity index (χ4v) is 5.11. The van der Waals surface area contributed by atoms with Crippen molar-refractivity contribution in [3.8, 4) is 0 Å². The summed E-state index contributed by atoms with van der Waals surface area (Å²) in [5.41, 5.74) is 11.5. The van der Waals surface area contributed by atoms with E-state index < -0.39 is 0 Å². The van der Waals surface area contributed by atoms with E-state index in [9.17, 15) is 4.79 Å². The van der Waals surface area contributed by atoms with Crippen molar-refractivity contribution in [3.05, 3.63) is 72.1 Å². The molecule has 45 heavy (non-hydrogen) atoms. The standard InChI is InChI=1S/C36H58N8O/c1-42(2,3)24-10-21-38-29-13-15-30(16-14-29)39-34-28-35(36(45)27-33(34)37)40-31-17-19-32(20-18-31)41(22-11-25-43(4,5)6)23-12-26-44(7,8)9/h13-20,27-28H,10-12,21-26H2,1-9H3,(H3-,37,38,39,40,45)/q+2/p+1. The predicted molar refractivity (Wildman–Crippen MR) is 192 cm³/mol. The van der Waals surface area contributed by atoms with Crippen molar-refractivity contribution >= 4 is 34.2 Å². The van der Waals surface area contributed by atoms with E-state index in [-0.39, 0.29) is 5.78 Å². The minimum Gasteiger partial charge on any atom is -0.397 e. The third kappa shape index (κ3) is 13.5. The first-order valence-corrected chi connectivity index (χ1v) is 16.2. The second-order valence-electron chi connectivity index (χ2n) is 15.3. The molecule has 0 aromatic heterocycles. The highest BCUT2D eigenvalue weighted by atomic mass is 16.1. The van der Waals surface area contributed by atoms with Gasteiger partial charge in [-0.25, -0.2) is 4.99 Å². The van der Waals surface area contributed by atoms with Crippen molar-refractivity contribution in [1.29, 1.82) is 0 Å². The zero-order chi connectivity index (χ0) is 33.3. The molecule has 9 heteroatoms. The normalized spacial score (nSPS) is 15.1. The van der Waals surface area contributed by atoms with Gasteiger partial charge in [0.05, 0.1) is 106 Å². The average Bonchev–Trinajstić information content (AvgIpc) is 2.92. The third-order valence-corrected chi connectivity index (χ3v) is 7.61.